The Bertz CT molecular complexity index is 1050. The van der Waals surface area contributed by atoms with Gasteiger partial charge in [-0.1, -0.05) is 17.3 Å². The second-order valence-electron chi connectivity index (χ2n) is 5.34. The third-order valence-corrected chi connectivity index (χ3v) is 4.65. The van der Waals surface area contributed by atoms with Crippen molar-refractivity contribution in [2.45, 2.75) is 18.2 Å². The van der Waals surface area contributed by atoms with Crippen molar-refractivity contribution in [2.75, 3.05) is 4.72 Å². The number of rotatable bonds is 5. The number of nitrogens with zero attached hydrogens (tertiary/aromatic N) is 2. The van der Waals surface area contributed by atoms with E-state index in [2.05, 4.69) is 19.6 Å². The molecule has 0 atom stereocenters. The summed E-state index contributed by atoms with van der Waals surface area (Å²) >= 11 is 0. The lowest BCUT2D eigenvalue weighted by Gasteiger charge is -2.11. The van der Waals surface area contributed by atoms with E-state index in [1.165, 1.54) is 18.2 Å². The first kappa shape index (κ1) is 18.7. The average Bonchev–Trinajstić information content (AvgIpc) is 3.02. The van der Waals surface area contributed by atoms with Crippen LogP contribution in [0.1, 0.15) is 5.89 Å². The van der Waals surface area contributed by atoms with Crippen molar-refractivity contribution < 1.29 is 30.8 Å². The standard InChI is InChI=1S/C16H12F3N3O4S/c1-10-20-15(21-26-10)11-3-2-4-14(9-11)27(23,24)22-12-5-7-13(8-6-12)25-16(17,18)19/h2-9,22H,1H3. The predicted molar refractivity (Wildman–Crippen MR) is 88.4 cm³/mol. The Morgan fingerprint density at radius 3 is 2.41 bits per heavy atom. The third kappa shape index (κ3) is 4.76. The summed E-state index contributed by atoms with van der Waals surface area (Å²) in [4.78, 5) is 3.96. The highest BCUT2D eigenvalue weighted by atomic mass is 32.2. The topological polar surface area (TPSA) is 94.3 Å². The molecule has 0 bridgehead atoms. The first-order chi connectivity index (χ1) is 12.6. The van der Waals surface area contributed by atoms with Crippen molar-refractivity contribution in [3.8, 4) is 17.1 Å². The van der Waals surface area contributed by atoms with Crippen molar-refractivity contribution in [1.82, 2.24) is 10.1 Å². The first-order valence-corrected chi connectivity index (χ1v) is 8.90. The molecule has 27 heavy (non-hydrogen) atoms. The van der Waals surface area contributed by atoms with Gasteiger partial charge in [0.25, 0.3) is 10.0 Å². The van der Waals surface area contributed by atoms with Gasteiger partial charge in [0.1, 0.15) is 5.75 Å². The number of aromatic nitrogens is 2. The van der Waals surface area contributed by atoms with Crippen LogP contribution in [0.15, 0.2) is 57.9 Å². The lowest BCUT2D eigenvalue weighted by molar-refractivity contribution is -0.274. The minimum atomic E-state index is -4.82. The van der Waals surface area contributed by atoms with Crippen molar-refractivity contribution in [3.63, 3.8) is 0 Å². The summed E-state index contributed by atoms with van der Waals surface area (Å²) in [7, 11) is -3.98. The molecule has 3 rings (SSSR count). The Kier molecular flexibility index (Phi) is 4.79. The molecule has 1 heterocycles. The first-order valence-electron chi connectivity index (χ1n) is 7.42. The molecule has 11 heteroatoms. The Balaban J connectivity index is 1.81. The zero-order valence-corrected chi connectivity index (χ0v) is 14.5. The molecular weight excluding hydrogens is 387 g/mol. The summed E-state index contributed by atoms with van der Waals surface area (Å²) in [5, 5.41) is 3.72. The van der Waals surface area contributed by atoms with Crippen LogP contribution in [0.2, 0.25) is 0 Å². The summed E-state index contributed by atoms with van der Waals surface area (Å²) in [6.07, 6.45) is -4.82. The van der Waals surface area contributed by atoms with Crippen molar-refractivity contribution in [1.29, 1.82) is 0 Å². The Morgan fingerprint density at radius 1 is 1.11 bits per heavy atom. The molecule has 2 aromatic carbocycles. The second kappa shape index (κ2) is 6.91. The molecular formula is C16H12F3N3O4S. The van der Waals surface area contributed by atoms with Gasteiger partial charge in [0.15, 0.2) is 0 Å². The summed E-state index contributed by atoms with van der Waals surface area (Å²) in [6, 6.07) is 10.2. The molecule has 0 fully saturated rings. The molecule has 7 nitrogen and oxygen atoms in total. The van der Waals surface area contributed by atoms with Gasteiger partial charge >= 0.3 is 6.36 Å². The van der Waals surface area contributed by atoms with Crippen molar-refractivity contribution in [2.24, 2.45) is 0 Å². The highest BCUT2D eigenvalue weighted by molar-refractivity contribution is 7.92. The number of benzene rings is 2. The van der Waals surface area contributed by atoms with E-state index >= 15 is 0 Å². The van der Waals surface area contributed by atoms with Gasteiger partial charge in [-0.2, -0.15) is 4.98 Å². The van der Waals surface area contributed by atoms with Crippen LogP contribution < -0.4 is 9.46 Å². The highest BCUT2D eigenvalue weighted by Crippen LogP contribution is 2.26. The molecule has 1 aromatic heterocycles. The van der Waals surface area contributed by atoms with Crippen molar-refractivity contribution >= 4 is 15.7 Å². The van der Waals surface area contributed by atoms with Crippen LogP contribution in [0.5, 0.6) is 5.75 Å². The molecule has 0 aliphatic heterocycles. The largest absolute Gasteiger partial charge is 0.573 e. The summed E-state index contributed by atoms with van der Waals surface area (Å²) in [6.45, 7) is 1.60. The molecule has 0 spiro atoms. The lowest BCUT2D eigenvalue weighted by Crippen LogP contribution is -2.17. The zero-order chi connectivity index (χ0) is 19.7. The normalized spacial score (nSPS) is 12.0. The third-order valence-electron chi connectivity index (χ3n) is 3.27. The number of aryl methyl sites for hydroxylation is 1. The second-order valence-corrected chi connectivity index (χ2v) is 7.02. The van der Waals surface area contributed by atoms with E-state index in [1.54, 1.807) is 13.0 Å². The number of ether oxygens (including phenoxy) is 1. The maximum Gasteiger partial charge on any atom is 0.573 e. The number of hydrogen-bond donors (Lipinski definition) is 1. The minimum absolute atomic E-state index is 0.0712. The molecule has 0 saturated heterocycles. The smallest absolute Gasteiger partial charge is 0.406 e. The fourth-order valence-corrected chi connectivity index (χ4v) is 3.26. The average molecular weight is 399 g/mol. The number of hydrogen-bond acceptors (Lipinski definition) is 6. The Morgan fingerprint density at radius 2 is 1.81 bits per heavy atom. The van der Waals surface area contributed by atoms with Crippen LogP contribution >= 0.6 is 0 Å². The summed E-state index contributed by atoms with van der Waals surface area (Å²) in [5.74, 6) is 0.107. The fraction of sp³-hybridized carbons (Fsp3) is 0.125. The van der Waals surface area contributed by atoms with Gasteiger partial charge in [0.2, 0.25) is 11.7 Å². The minimum Gasteiger partial charge on any atom is -0.406 e. The van der Waals surface area contributed by atoms with E-state index in [-0.39, 0.29) is 16.4 Å². The van der Waals surface area contributed by atoms with E-state index in [1.807, 2.05) is 0 Å². The van der Waals surface area contributed by atoms with Gasteiger partial charge in [-0.15, -0.1) is 13.2 Å². The Labute approximate surface area is 151 Å². The maximum atomic E-state index is 12.5. The van der Waals surface area contributed by atoms with Gasteiger partial charge in [0.05, 0.1) is 4.90 Å². The summed E-state index contributed by atoms with van der Waals surface area (Å²) in [5.41, 5.74) is 0.508. The van der Waals surface area contributed by atoms with Gasteiger partial charge < -0.3 is 9.26 Å². The number of sulfonamides is 1. The van der Waals surface area contributed by atoms with E-state index in [4.69, 9.17) is 4.52 Å². The SMILES string of the molecule is Cc1nc(-c2cccc(S(=O)(=O)Nc3ccc(OC(F)(F)F)cc3)c2)no1. The van der Waals surface area contributed by atoms with Crippen LogP contribution in [-0.4, -0.2) is 24.9 Å². The molecule has 142 valence electrons. The molecule has 0 aliphatic carbocycles. The number of alkyl halides is 3. The summed E-state index contributed by atoms with van der Waals surface area (Å²) < 4.78 is 72.4. The number of halogens is 3. The lowest BCUT2D eigenvalue weighted by atomic mass is 10.2. The quantitative estimate of drug-likeness (QED) is 0.702. The van der Waals surface area contributed by atoms with E-state index in [0.717, 1.165) is 24.3 Å². The molecule has 3 aromatic rings. The van der Waals surface area contributed by atoms with Gasteiger partial charge in [-0.3, -0.25) is 4.72 Å². The fourth-order valence-electron chi connectivity index (χ4n) is 2.16. The molecule has 1 N–H and O–H groups in total. The van der Waals surface area contributed by atoms with Gasteiger partial charge in [0, 0.05) is 18.2 Å². The van der Waals surface area contributed by atoms with Crippen LogP contribution in [0.4, 0.5) is 18.9 Å². The Hall–Kier alpha value is -3.08. The van der Waals surface area contributed by atoms with Crippen LogP contribution in [-0.2, 0) is 10.0 Å². The van der Waals surface area contributed by atoms with Crippen LogP contribution in [0.25, 0.3) is 11.4 Å². The predicted octanol–water partition coefficient (Wildman–Crippen LogP) is 3.74. The van der Waals surface area contributed by atoms with E-state index < -0.39 is 22.1 Å². The number of anilines is 1. The van der Waals surface area contributed by atoms with Crippen LogP contribution in [0, 0.1) is 6.92 Å². The molecule has 0 saturated carbocycles. The molecule has 0 radical (unpaired) electrons. The highest BCUT2D eigenvalue weighted by Gasteiger charge is 2.31. The van der Waals surface area contributed by atoms with E-state index in [9.17, 15) is 21.6 Å². The molecule has 0 unspecified atom stereocenters. The molecule has 0 aliphatic rings. The van der Waals surface area contributed by atoms with Gasteiger partial charge in [-0.25, -0.2) is 8.42 Å². The van der Waals surface area contributed by atoms with Gasteiger partial charge in [-0.05, 0) is 36.4 Å². The monoisotopic (exact) mass is 399 g/mol. The van der Waals surface area contributed by atoms with E-state index in [0.29, 0.717) is 11.5 Å². The zero-order valence-electron chi connectivity index (χ0n) is 13.7. The van der Waals surface area contributed by atoms with Crippen molar-refractivity contribution in [3.05, 3.63) is 54.4 Å². The van der Waals surface area contributed by atoms with Crippen LogP contribution in [0.3, 0.4) is 0 Å². The maximum absolute atomic E-state index is 12.5. The molecule has 0 amide bonds. The number of nitrogens with one attached hydrogen (secondary N) is 1.